The van der Waals surface area contributed by atoms with Gasteiger partial charge in [-0.1, -0.05) is 77.8 Å². The van der Waals surface area contributed by atoms with E-state index in [0.29, 0.717) is 11.6 Å². The van der Waals surface area contributed by atoms with Crippen molar-refractivity contribution in [3.05, 3.63) is 112 Å². The predicted octanol–water partition coefficient (Wildman–Crippen LogP) is 6.49. The Bertz CT molecular complexity index is 1160. The van der Waals surface area contributed by atoms with Crippen LogP contribution in [-0.4, -0.2) is 10.9 Å². The molecule has 4 nitrogen and oxygen atoms in total. The Morgan fingerprint density at radius 2 is 1.71 bits per heavy atom. The number of hydrogen-bond donors (Lipinski definition) is 2. The fourth-order valence-corrected chi connectivity index (χ4v) is 4.26. The van der Waals surface area contributed by atoms with E-state index in [2.05, 4.69) is 15.6 Å². The maximum atomic E-state index is 13.2. The second kappa shape index (κ2) is 9.77. The largest absolute Gasteiger partial charge is 0.370 e. The van der Waals surface area contributed by atoms with Crippen molar-refractivity contribution in [1.82, 2.24) is 4.98 Å². The van der Waals surface area contributed by atoms with Crippen molar-refractivity contribution < 1.29 is 4.79 Å². The number of benzene rings is 3. The Hall–Kier alpha value is -3.15. The number of amides is 1. The minimum absolute atomic E-state index is 0.162. The van der Waals surface area contributed by atoms with E-state index in [1.165, 1.54) is 16.9 Å². The Morgan fingerprint density at radius 3 is 2.45 bits per heavy atom. The molecule has 0 aliphatic carbocycles. The fraction of sp³-hybridized carbons (Fsp3) is 0.120. The van der Waals surface area contributed by atoms with E-state index in [1.807, 2.05) is 85.8 Å². The van der Waals surface area contributed by atoms with Crippen LogP contribution in [0, 0.1) is 6.92 Å². The average Bonchev–Trinajstić information content (AvgIpc) is 3.22. The second-order valence-corrected chi connectivity index (χ2v) is 8.77. The van der Waals surface area contributed by atoms with Gasteiger partial charge in [-0.15, -0.1) is 11.3 Å². The van der Waals surface area contributed by atoms with Gasteiger partial charge in [-0.3, -0.25) is 10.1 Å². The summed E-state index contributed by atoms with van der Waals surface area (Å²) in [5.41, 5.74) is 3.97. The van der Waals surface area contributed by atoms with E-state index in [1.54, 1.807) is 6.20 Å². The van der Waals surface area contributed by atoms with Gasteiger partial charge in [0.25, 0.3) is 5.91 Å². The summed E-state index contributed by atoms with van der Waals surface area (Å²) in [7, 11) is 0. The van der Waals surface area contributed by atoms with E-state index < -0.39 is 6.04 Å². The molecule has 0 fully saturated rings. The van der Waals surface area contributed by atoms with Gasteiger partial charge in [0, 0.05) is 28.2 Å². The number of hydrogen-bond acceptors (Lipinski definition) is 4. The maximum absolute atomic E-state index is 13.2. The predicted molar refractivity (Wildman–Crippen MR) is 129 cm³/mol. The molecule has 31 heavy (non-hydrogen) atoms. The molecule has 0 saturated heterocycles. The monoisotopic (exact) mass is 447 g/mol. The summed E-state index contributed by atoms with van der Waals surface area (Å²) < 4.78 is 0. The van der Waals surface area contributed by atoms with Gasteiger partial charge in [0.15, 0.2) is 5.13 Å². The van der Waals surface area contributed by atoms with E-state index in [4.69, 9.17) is 11.6 Å². The highest BCUT2D eigenvalue weighted by atomic mass is 35.5. The minimum Gasteiger partial charge on any atom is -0.370 e. The first-order valence-corrected chi connectivity index (χ1v) is 11.1. The number of rotatable bonds is 7. The second-order valence-electron chi connectivity index (χ2n) is 7.24. The smallest absolute Gasteiger partial charge is 0.253 e. The van der Waals surface area contributed by atoms with Gasteiger partial charge in [-0.05, 0) is 36.2 Å². The highest BCUT2D eigenvalue weighted by Crippen LogP contribution is 2.27. The standard InChI is InChI=1S/C25H22ClN3OS/c1-17-11-13-20(14-12-17)28-23(18-7-3-2-4-8-18)24(30)29-25-27-16-21(31-25)15-19-9-5-6-10-22(19)26/h2-14,16,23,28H,15H2,1H3,(H,27,29,30). The van der Waals surface area contributed by atoms with Crippen LogP contribution in [0.2, 0.25) is 5.02 Å². The van der Waals surface area contributed by atoms with Gasteiger partial charge in [-0.2, -0.15) is 0 Å². The number of carbonyl (C=O) groups excluding carboxylic acids is 1. The first-order chi connectivity index (χ1) is 15.1. The van der Waals surface area contributed by atoms with E-state index in [0.717, 1.165) is 26.7 Å². The molecule has 3 aromatic carbocycles. The lowest BCUT2D eigenvalue weighted by molar-refractivity contribution is -0.117. The molecule has 6 heteroatoms. The molecular weight excluding hydrogens is 426 g/mol. The number of halogens is 1. The van der Waals surface area contributed by atoms with Gasteiger partial charge in [0.05, 0.1) is 0 Å². The quantitative estimate of drug-likeness (QED) is 0.340. The fourth-order valence-electron chi connectivity index (χ4n) is 3.22. The molecule has 0 bridgehead atoms. The van der Waals surface area contributed by atoms with Gasteiger partial charge in [-0.25, -0.2) is 4.98 Å². The van der Waals surface area contributed by atoms with Crippen LogP contribution in [0.4, 0.5) is 10.8 Å². The Balaban J connectivity index is 1.50. The van der Waals surface area contributed by atoms with Crippen molar-refractivity contribution in [2.45, 2.75) is 19.4 Å². The van der Waals surface area contributed by atoms with E-state index >= 15 is 0 Å². The number of carbonyl (C=O) groups is 1. The number of aryl methyl sites for hydroxylation is 1. The summed E-state index contributed by atoms with van der Waals surface area (Å²) in [5.74, 6) is -0.162. The van der Waals surface area contributed by atoms with Crippen molar-refractivity contribution in [3.8, 4) is 0 Å². The van der Waals surface area contributed by atoms with E-state index in [9.17, 15) is 4.79 Å². The lowest BCUT2D eigenvalue weighted by Crippen LogP contribution is -2.27. The lowest BCUT2D eigenvalue weighted by Gasteiger charge is -2.19. The first kappa shape index (κ1) is 21.1. The average molecular weight is 448 g/mol. The normalized spacial score (nSPS) is 11.7. The highest BCUT2D eigenvalue weighted by molar-refractivity contribution is 7.15. The van der Waals surface area contributed by atoms with Crippen LogP contribution < -0.4 is 10.6 Å². The van der Waals surface area contributed by atoms with Crippen LogP contribution in [0.5, 0.6) is 0 Å². The topological polar surface area (TPSA) is 54.0 Å². The third-order valence-electron chi connectivity index (χ3n) is 4.86. The summed E-state index contributed by atoms with van der Waals surface area (Å²) in [6.07, 6.45) is 2.46. The van der Waals surface area contributed by atoms with Crippen molar-refractivity contribution in [2.75, 3.05) is 10.6 Å². The summed E-state index contributed by atoms with van der Waals surface area (Å²) in [5, 5.41) is 7.61. The highest BCUT2D eigenvalue weighted by Gasteiger charge is 2.21. The first-order valence-electron chi connectivity index (χ1n) is 9.95. The zero-order valence-corrected chi connectivity index (χ0v) is 18.6. The van der Waals surface area contributed by atoms with Crippen molar-refractivity contribution in [3.63, 3.8) is 0 Å². The molecule has 1 aromatic heterocycles. The number of aromatic nitrogens is 1. The molecule has 0 radical (unpaired) electrons. The molecule has 0 aliphatic heterocycles. The molecule has 156 valence electrons. The molecule has 4 rings (SSSR count). The molecular formula is C25H22ClN3OS. The Kier molecular flexibility index (Phi) is 6.65. The van der Waals surface area contributed by atoms with Gasteiger partial charge < -0.3 is 5.32 Å². The van der Waals surface area contributed by atoms with Crippen LogP contribution >= 0.6 is 22.9 Å². The molecule has 1 amide bonds. The SMILES string of the molecule is Cc1ccc(NC(C(=O)Nc2ncc(Cc3ccccc3Cl)s2)c2ccccc2)cc1. The Labute approximate surface area is 190 Å². The third kappa shape index (κ3) is 5.51. The summed E-state index contributed by atoms with van der Waals surface area (Å²) in [4.78, 5) is 18.6. The van der Waals surface area contributed by atoms with Crippen LogP contribution in [0.15, 0.2) is 85.1 Å². The third-order valence-corrected chi connectivity index (χ3v) is 6.15. The number of nitrogens with zero attached hydrogens (tertiary/aromatic N) is 1. The van der Waals surface area contributed by atoms with Crippen LogP contribution in [0.25, 0.3) is 0 Å². The van der Waals surface area contributed by atoms with Crippen molar-refractivity contribution in [1.29, 1.82) is 0 Å². The van der Waals surface area contributed by atoms with Gasteiger partial charge >= 0.3 is 0 Å². The van der Waals surface area contributed by atoms with Gasteiger partial charge in [0.2, 0.25) is 0 Å². The molecule has 0 spiro atoms. The number of thiazole rings is 1. The lowest BCUT2D eigenvalue weighted by atomic mass is 10.1. The van der Waals surface area contributed by atoms with E-state index in [-0.39, 0.29) is 5.91 Å². The van der Waals surface area contributed by atoms with Crippen molar-refractivity contribution in [2.24, 2.45) is 0 Å². The molecule has 0 saturated carbocycles. The van der Waals surface area contributed by atoms with Crippen molar-refractivity contribution >= 4 is 39.7 Å². The minimum atomic E-state index is -0.542. The molecule has 1 heterocycles. The van der Waals surface area contributed by atoms with Crippen LogP contribution in [0.3, 0.4) is 0 Å². The molecule has 2 N–H and O–H groups in total. The molecule has 4 aromatic rings. The summed E-state index contributed by atoms with van der Waals surface area (Å²) >= 11 is 7.72. The Morgan fingerprint density at radius 1 is 1.00 bits per heavy atom. The molecule has 1 atom stereocenters. The summed E-state index contributed by atoms with van der Waals surface area (Å²) in [6, 6.07) is 24.9. The maximum Gasteiger partial charge on any atom is 0.253 e. The molecule has 1 unspecified atom stereocenters. The summed E-state index contributed by atoms with van der Waals surface area (Å²) in [6.45, 7) is 2.04. The zero-order chi connectivity index (χ0) is 21.6. The van der Waals surface area contributed by atoms with Crippen LogP contribution in [-0.2, 0) is 11.2 Å². The molecule has 0 aliphatic rings. The number of nitrogens with one attached hydrogen (secondary N) is 2. The number of anilines is 2. The van der Waals surface area contributed by atoms with Crippen LogP contribution in [0.1, 0.15) is 27.6 Å². The van der Waals surface area contributed by atoms with Gasteiger partial charge in [0.1, 0.15) is 6.04 Å². The zero-order valence-electron chi connectivity index (χ0n) is 17.0.